The van der Waals surface area contributed by atoms with Crippen LogP contribution in [0.3, 0.4) is 0 Å². The van der Waals surface area contributed by atoms with E-state index in [1.54, 1.807) is 24.4 Å². The number of benzene rings is 1. The largest absolute Gasteiger partial charge is 0.443 e. The van der Waals surface area contributed by atoms with Gasteiger partial charge in [-0.25, -0.2) is 4.79 Å². The molecule has 1 aromatic carbocycles. The Labute approximate surface area is 122 Å². The molecule has 0 aliphatic rings. The van der Waals surface area contributed by atoms with Crippen LogP contribution in [0.25, 0.3) is 10.9 Å². The first-order chi connectivity index (χ1) is 9.31. The first-order valence-electron chi connectivity index (χ1n) is 6.45. The molecule has 2 rings (SSSR count). The Kier molecular flexibility index (Phi) is 4.06. The Balaban J connectivity index is 2.51. The standard InChI is InChI=1S/C15H18ClNO3/c1-15(2,3)20-14(19)17-9-10(6-7-18)12-8-11(16)4-5-13(12)17/h4-5,8-9,18H,6-7H2,1-3H3. The number of aromatic nitrogens is 1. The molecule has 1 heterocycles. The maximum absolute atomic E-state index is 12.2. The molecule has 0 bridgehead atoms. The summed E-state index contributed by atoms with van der Waals surface area (Å²) in [6, 6.07) is 5.30. The second-order valence-corrected chi connectivity index (χ2v) is 6.08. The molecule has 20 heavy (non-hydrogen) atoms. The van der Waals surface area contributed by atoms with Gasteiger partial charge in [-0.3, -0.25) is 4.57 Å². The van der Waals surface area contributed by atoms with Crippen molar-refractivity contribution >= 4 is 28.6 Å². The second kappa shape index (κ2) is 5.46. The van der Waals surface area contributed by atoms with E-state index in [1.807, 2.05) is 20.8 Å². The topological polar surface area (TPSA) is 51.5 Å². The lowest BCUT2D eigenvalue weighted by Gasteiger charge is -2.19. The molecular formula is C15H18ClNO3. The summed E-state index contributed by atoms with van der Waals surface area (Å²) in [6.07, 6.45) is 1.73. The van der Waals surface area contributed by atoms with Crippen LogP contribution in [0.4, 0.5) is 4.79 Å². The Hall–Kier alpha value is -1.52. The van der Waals surface area contributed by atoms with Crippen molar-refractivity contribution in [2.24, 2.45) is 0 Å². The summed E-state index contributed by atoms with van der Waals surface area (Å²) in [5, 5.41) is 10.6. The van der Waals surface area contributed by atoms with Crippen LogP contribution in [0.5, 0.6) is 0 Å². The van der Waals surface area contributed by atoms with E-state index in [4.69, 9.17) is 21.4 Å². The third-order valence-electron chi connectivity index (χ3n) is 2.82. The molecule has 0 radical (unpaired) electrons. The zero-order valence-corrected chi connectivity index (χ0v) is 12.6. The van der Waals surface area contributed by atoms with Crippen LogP contribution in [-0.2, 0) is 11.2 Å². The van der Waals surface area contributed by atoms with Gasteiger partial charge in [0, 0.05) is 23.2 Å². The number of aliphatic hydroxyl groups excluding tert-OH is 1. The molecule has 0 aliphatic heterocycles. The second-order valence-electron chi connectivity index (χ2n) is 5.64. The lowest BCUT2D eigenvalue weighted by Crippen LogP contribution is -2.26. The summed E-state index contributed by atoms with van der Waals surface area (Å²) < 4.78 is 6.84. The normalized spacial score (nSPS) is 11.8. The molecule has 0 saturated carbocycles. The third-order valence-corrected chi connectivity index (χ3v) is 3.06. The molecule has 0 fully saturated rings. The lowest BCUT2D eigenvalue weighted by atomic mass is 10.1. The van der Waals surface area contributed by atoms with Gasteiger partial charge in [-0.1, -0.05) is 11.6 Å². The van der Waals surface area contributed by atoms with E-state index >= 15 is 0 Å². The summed E-state index contributed by atoms with van der Waals surface area (Å²) in [6.45, 7) is 5.48. The van der Waals surface area contributed by atoms with Crippen molar-refractivity contribution in [1.82, 2.24) is 4.57 Å². The van der Waals surface area contributed by atoms with E-state index in [0.29, 0.717) is 11.4 Å². The Morgan fingerprint density at radius 2 is 2.10 bits per heavy atom. The number of fused-ring (bicyclic) bond motifs is 1. The van der Waals surface area contributed by atoms with Gasteiger partial charge in [-0.2, -0.15) is 0 Å². The molecular weight excluding hydrogens is 278 g/mol. The van der Waals surface area contributed by atoms with Crippen molar-refractivity contribution in [3.05, 3.63) is 35.0 Å². The van der Waals surface area contributed by atoms with E-state index in [-0.39, 0.29) is 6.61 Å². The molecule has 0 spiro atoms. The molecule has 1 N–H and O–H groups in total. The van der Waals surface area contributed by atoms with Gasteiger partial charge in [0.15, 0.2) is 0 Å². The monoisotopic (exact) mass is 295 g/mol. The molecule has 2 aromatic rings. The minimum absolute atomic E-state index is 0.0138. The maximum atomic E-state index is 12.2. The van der Waals surface area contributed by atoms with Gasteiger partial charge in [0.2, 0.25) is 0 Å². The van der Waals surface area contributed by atoms with Crippen LogP contribution in [-0.4, -0.2) is 28.0 Å². The van der Waals surface area contributed by atoms with Gasteiger partial charge >= 0.3 is 6.09 Å². The van der Waals surface area contributed by atoms with E-state index in [2.05, 4.69) is 0 Å². The molecule has 5 heteroatoms. The van der Waals surface area contributed by atoms with Gasteiger partial charge in [-0.15, -0.1) is 0 Å². The highest BCUT2D eigenvalue weighted by Gasteiger charge is 2.20. The first-order valence-corrected chi connectivity index (χ1v) is 6.83. The van der Waals surface area contributed by atoms with Crippen LogP contribution >= 0.6 is 11.6 Å². The van der Waals surface area contributed by atoms with Crippen molar-refractivity contribution in [2.75, 3.05) is 6.61 Å². The average Bonchev–Trinajstić information content (AvgIpc) is 2.66. The molecule has 0 amide bonds. The number of rotatable bonds is 2. The van der Waals surface area contributed by atoms with Crippen LogP contribution in [0, 0.1) is 0 Å². The van der Waals surface area contributed by atoms with Crippen molar-refractivity contribution < 1.29 is 14.6 Å². The van der Waals surface area contributed by atoms with Crippen molar-refractivity contribution in [3.63, 3.8) is 0 Å². The predicted molar refractivity (Wildman–Crippen MR) is 79.4 cm³/mol. The van der Waals surface area contributed by atoms with Crippen molar-refractivity contribution in [2.45, 2.75) is 32.8 Å². The highest BCUT2D eigenvalue weighted by Crippen LogP contribution is 2.26. The van der Waals surface area contributed by atoms with Crippen LogP contribution < -0.4 is 0 Å². The van der Waals surface area contributed by atoms with Crippen LogP contribution in [0.15, 0.2) is 24.4 Å². The summed E-state index contributed by atoms with van der Waals surface area (Å²) >= 11 is 6.00. The predicted octanol–water partition coefficient (Wildman–Crippen LogP) is 3.61. The Bertz CT molecular complexity index is 640. The highest BCUT2D eigenvalue weighted by atomic mass is 35.5. The summed E-state index contributed by atoms with van der Waals surface area (Å²) in [5.41, 5.74) is 1.04. The number of nitrogens with zero attached hydrogens (tertiary/aromatic N) is 1. The molecule has 108 valence electrons. The highest BCUT2D eigenvalue weighted by molar-refractivity contribution is 6.31. The first kappa shape index (κ1) is 14.9. The van der Waals surface area contributed by atoms with Gasteiger partial charge < -0.3 is 9.84 Å². The van der Waals surface area contributed by atoms with Gasteiger partial charge in [0.25, 0.3) is 0 Å². The minimum Gasteiger partial charge on any atom is -0.443 e. The average molecular weight is 296 g/mol. The molecule has 4 nitrogen and oxygen atoms in total. The molecule has 0 aliphatic carbocycles. The number of aliphatic hydroxyl groups is 1. The number of carbonyl (C=O) groups is 1. The van der Waals surface area contributed by atoms with Crippen LogP contribution in [0.2, 0.25) is 5.02 Å². The van der Waals surface area contributed by atoms with Crippen molar-refractivity contribution in [1.29, 1.82) is 0 Å². The summed E-state index contributed by atoms with van der Waals surface area (Å²) in [7, 11) is 0. The number of ether oxygens (including phenoxy) is 1. The van der Waals surface area contributed by atoms with Gasteiger partial charge in [0.1, 0.15) is 5.60 Å². The molecule has 0 unspecified atom stereocenters. The summed E-state index contributed by atoms with van der Waals surface area (Å²) in [4.78, 5) is 12.2. The zero-order chi connectivity index (χ0) is 14.9. The van der Waals surface area contributed by atoms with Crippen LogP contribution in [0.1, 0.15) is 26.3 Å². The van der Waals surface area contributed by atoms with Gasteiger partial charge in [-0.05, 0) is 51.0 Å². The Morgan fingerprint density at radius 3 is 2.70 bits per heavy atom. The third kappa shape index (κ3) is 3.14. The number of halogens is 1. The summed E-state index contributed by atoms with van der Waals surface area (Å²) in [5.74, 6) is 0. The van der Waals surface area contributed by atoms with E-state index in [9.17, 15) is 4.79 Å². The SMILES string of the molecule is CC(C)(C)OC(=O)n1cc(CCO)c2cc(Cl)ccc21. The number of hydrogen-bond acceptors (Lipinski definition) is 3. The van der Waals surface area contributed by atoms with E-state index in [0.717, 1.165) is 16.5 Å². The number of carbonyl (C=O) groups excluding carboxylic acids is 1. The number of hydrogen-bond donors (Lipinski definition) is 1. The van der Waals surface area contributed by atoms with Crippen molar-refractivity contribution in [3.8, 4) is 0 Å². The van der Waals surface area contributed by atoms with Gasteiger partial charge in [0.05, 0.1) is 5.52 Å². The quantitative estimate of drug-likeness (QED) is 0.921. The fourth-order valence-electron chi connectivity index (χ4n) is 2.05. The van der Waals surface area contributed by atoms with E-state index < -0.39 is 11.7 Å². The molecule has 0 saturated heterocycles. The molecule has 0 atom stereocenters. The fourth-order valence-corrected chi connectivity index (χ4v) is 2.22. The Morgan fingerprint density at radius 1 is 1.40 bits per heavy atom. The zero-order valence-electron chi connectivity index (χ0n) is 11.8. The fraction of sp³-hybridized carbons (Fsp3) is 0.400. The van der Waals surface area contributed by atoms with E-state index in [1.165, 1.54) is 4.57 Å². The lowest BCUT2D eigenvalue weighted by molar-refractivity contribution is 0.0544. The smallest absolute Gasteiger partial charge is 0.419 e. The minimum atomic E-state index is -0.558. The maximum Gasteiger partial charge on any atom is 0.419 e. The molecule has 1 aromatic heterocycles.